The van der Waals surface area contributed by atoms with Crippen LogP contribution in [0.1, 0.15) is 22.8 Å². The minimum absolute atomic E-state index is 0.152. The lowest BCUT2D eigenvalue weighted by atomic mass is 10.0. The Hall–Kier alpha value is -2.79. The van der Waals surface area contributed by atoms with Gasteiger partial charge in [0.15, 0.2) is 0 Å². The van der Waals surface area contributed by atoms with E-state index in [1.807, 2.05) is 30.3 Å². The summed E-state index contributed by atoms with van der Waals surface area (Å²) in [5.41, 5.74) is 8.10. The Morgan fingerprint density at radius 3 is 2.50 bits per heavy atom. The molecule has 0 unspecified atom stereocenters. The second-order valence-electron chi connectivity index (χ2n) is 6.33. The summed E-state index contributed by atoms with van der Waals surface area (Å²) < 4.78 is 0. The van der Waals surface area contributed by atoms with Gasteiger partial charge in [-0.3, -0.25) is 9.59 Å². The smallest absolute Gasteiger partial charge is 0.258 e. The number of nitrogens with two attached hydrogens (primary N) is 1. The third kappa shape index (κ3) is 2.95. The number of rotatable bonds is 3. The van der Waals surface area contributed by atoms with Gasteiger partial charge in [0.2, 0.25) is 5.91 Å². The molecule has 1 fully saturated rings. The third-order valence-electron chi connectivity index (χ3n) is 4.69. The molecule has 1 saturated heterocycles. The summed E-state index contributed by atoms with van der Waals surface area (Å²) in [6.07, 6.45) is -0.592. The van der Waals surface area contributed by atoms with Crippen molar-refractivity contribution in [3.8, 4) is 0 Å². The lowest BCUT2D eigenvalue weighted by Crippen LogP contribution is -2.44. The molecule has 3 rings (SSSR count). The fraction of sp³-hybridized carbons (Fsp3) is 0.200. The number of nitrogen functional groups attached to an aromatic ring is 1. The van der Waals surface area contributed by atoms with Crippen LogP contribution in [0.15, 0.2) is 55.1 Å². The maximum atomic E-state index is 13.2. The average molecular weight is 370 g/mol. The summed E-state index contributed by atoms with van der Waals surface area (Å²) in [6.45, 7) is 5.85. The van der Waals surface area contributed by atoms with E-state index in [1.165, 1.54) is 11.0 Å². The molecule has 5 nitrogen and oxygen atoms in total. The van der Waals surface area contributed by atoms with Gasteiger partial charge in [-0.25, -0.2) is 0 Å². The van der Waals surface area contributed by atoms with Crippen molar-refractivity contribution in [3.05, 3.63) is 71.3 Å². The zero-order chi connectivity index (χ0) is 19.0. The molecule has 2 amide bonds. The Morgan fingerprint density at radius 1 is 1.19 bits per heavy atom. The molecular weight excluding hydrogens is 350 g/mol. The Labute approximate surface area is 157 Å². The number of amides is 2. The lowest BCUT2D eigenvalue weighted by Gasteiger charge is -2.31. The topological polar surface area (TPSA) is 66.6 Å². The molecule has 0 bridgehead atoms. The molecule has 26 heavy (non-hydrogen) atoms. The molecular formula is C20H20ClN3O2. The van der Waals surface area contributed by atoms with Crippen molar-refractivity contribution in [3.63, 3.8) is 0 Å². The molecule has 2 aromatic carbocycles. The summed E-state index contributed by atoms with van der Waals surface area (Å²) in [4.78, 5) is 28.9. The van der Waals surface area contributed by atoms with Crippen LogP contribution in [-0.4, -0.2) is 40.9 Å². The van der Waals surface area contributed by atoms with Gasteiger partial charge in [0.1, 0.15) is 12.2 Å². The highest BCUT2D eigenvalue weighted by Crippen LogP contribution is 2.33. The van der Waals surface area contributed by atoms with Gasteiger partial charge in [-0.15, -0.1) is 0 Å². The number of likely N-dealkylation sites (N-methyl/N-ethyl adjacent to an activating group) is 1. The maximum absolute atomic E-state index is 13.2. The average Bonchev–Trinajstić information content (AvgIpc) is 2.87. The minimum atomic E-state index is -0.628. The Morgan fingerprint density at radius 2 is 1.85 bits per heavy atom. The monoisotopic (exact) mass is 369 g/mol. The first-order chi connectivity index (χ1) is 12.3. The van der Waals surface area contributed by atoms with Gasteiger partial charge in [-0.2, -0.15) is 0 Å². The number of hydrogen-bond acceptors (Lipinski definition) is 3. The Kier molecular flexibility index (Phi) is 4.74. The van der Waals surface area contributed by atoms with Crippen LogP contribution in [0.3, 0.4) is 0 Å². The summed E-state index contributed by atoms with van der Waals surface area (Å²) in [6, 6.07) is 13.6. The van der Waals surface area contributed by atoms with E-state index >= 15 is 0 Å². The maximum Gasteiger partial charge on any atom is 0.258 e. The molecule has 1 aliphatic heterocycles. The van der Waals surface area contributed by atoms with Crippen LogP contribution in [-0.2, 0) is 4.79 Å². The largest absolute Gasteiger partial charge is 0.398 e. The summed E-state index contributed by atoms with van der Waals surface area (Å²) in [5, 5.41) is 0.410. The molecule has 1 heterocycles. The number of nitrogens with zero attached hydrogens (tertiary/aromatic N) is 2. The van der Waals surface area contributed by atoms with Crippen molar-refractivity contribution in [2.45, 2.75) is 19.1 Å². The van der Waals surface area contributed by atoms with Crippen LogP contribution in [0, 0.1) is 0 Å². The molecule has 0 aliphatic carbocycles. The van der Waals surface area contributed by atoms with Crippen molar-refractivity contribution < 1.29 is 9.59 Å². The number of anilines is 1. The minimum Gasteiger partial charge on any atom is -0.398 e. The number of benzene rings is 2. The fourth-order valence-corrected chi connectivity index (χ4v) is 3.45. The second kappa shape index (κ2) is 6.84. The van der Waals surface area contributed by atoms with Gasteiger partial charge in [-0.1, -0.05) is 48.5 Å². The van der Waals surface area contributed by atoms with Crippen molar-refractivity contribution in [1.29, 1.82) is 0 Å². The summed E-state index contributed by atoms with van der Waals surface area (Å²) in [5.74, 6) is -0.502. The van der Waals surface area contributed by atoms with Crippen LogP contribution in [0.5, 0.6) is 0 Å². The number of halogens is 1. The van der Waals surface area contributed by atoms with Gasteiger partial charge in [-0.05, 0) is 36.3 Å². The van der Waals surface area contributed by atoms with E-state index in [-0.39, 0.29) is 17.4 Å². The highest BCUT2D eigenvalue weighted by Gasteiger charge is 2.46. The first-order valence-electron chi connectivity index (χ1n) is 8.21. The second-order valence-corrected chi connectivity index (χ2v) is 6.77. The van der Waals surface area contributed by atoms with Crippen LogP contribution < -0.4 is 5.73 Å². The Balaban J connectivity index is 2.05. The Bertz CT molecular complexity index is 882. The van der Waals surface area contributed by atoms with Crippen molar-refractivity contribution in [2.24, 2.45) is 0 Å². The molecule has 2 aromatic rings. The lowest BCUT2D eigenvalue weighted by molar-refractivity contribution is -0.128. The number of hydrogen-bond donors (Lipinski definition) is 1. The molecule has 2 atom stereocenters. The standard InChI is InChI=1S/C20H20ClN3O2/c1-12(14-7-5-4-6-8-14)18-23(3)19(25)13(2)24(18)20(26)16-11-15(21)9-10-17(16)22/h4-11,13,18H,1,22H2,2-3H3/t13-,18+/m0/s1. The number of carbonyl (C=O) groups excluding carboxylic acids is 2. The molecule has 0 saturated carbocycles. The van der Waals surface area contributed by atoms with Crippen LogP contribution >= 0.6 is 11.6 Å². The van der Waals surface area contributed by atoms with Gasteiger partial charge in [0.05, 0.1) is 5.56 Å². The molecule has 0 aromatic heterocycles. The first kappa shape index (κ1) is 18.0. The van der Waals surface area contributed by atoms with E-state index in [4.69, 9.17) is 17.3 Å². The predicted octanol–water partition coefficient (Wildman–Crippen LogP) is 3.26. The van der Waals surface area contributed by atoms with E-state index in [0.29, 0.717) is 16.3 Å². The van der Waals surface area contributed by atoms with E-state index in [2.05, 4.69) is 6.58 Å². The SMILES string of the molecule is C=C(c1ccccc1)[C@@H]1N(C)C(=O)[C@H](C)N1C(=O)c1cc(Cl)ccc1N. The van der Waals surface area contributed by atoms with Gasteiger partial charge >= 0.3 is 0 Å². The van der Waals surface area contributed by atoms with Crippen LogP contribution in [0.25, 0.3) is 5.57 Å². The zero-order valence-electron chi connectivity index (χ0n) is 14.6. The van der Waals surface area contributed by atoms with E-state index in [1.54, 1.807) is 31.0 Å². The highest BCUT2D eigenvalue weighted by atomic mass is 35.5. The molecule has 2 N–H and O–H groups in total. The number of carbonyl (C=O) groups is 2. The third-order valence-corrected chi connectivity index (χ3v) is 4.92. The molecule has 0 radical (unpaired) electrons. The normalized spacial score (nSPS) is 19.7. The van der Waals surface area contributed by atoms with Crippen molar-refractivity contribution in [2.75, 3.05) is 12.8 Å². The summed E-state index contributed by atoms with van der Waals surface area (Å²) >= 11 is 6.03. The van der Waals surface area contributed by atoms with E-state index in [0.717, 1.165) is 5.56 Å². The molecule has 134 valence electrons. The van der Waals surface area contributed by atoms with Crippen LogP contribution in [0.2, 0.25) is 5.02 Å². The predicted molar refractivity (Wildman–Crippen MR) is 104 cm³/mol. The zero-order valence-corrected chi connectivity index (χ0v) is 15.4. The van der Waals surface area contributed by atoms with Crippen LogP contribution in [0.4, 0.5) is 5.69 Å². The highest BCUT2D eigenvalue weighted by molar-refractivity contribution is 6.31. The van der Waals surface area contributed by atoms with E-state index < -0.39 is 12.2 Å². The molecule has 6 heteroatoms. The fourth-order valence-electron chi connectivity index (χ4n) is 3.28. The van der Waals surface area contributed by atoms with Gasteiger partial charge in [0, 0.05) is 17.8 Å². The van der Waals surface area contributed by atoms with Crippen molar-refractivity contribution >= 4 is 34.7 Å². The molecule has 1 aliphatic rings. The van der Waals surface area contributed by atoms with Gasteiger partial charge in [0.25, 0.3) is 5.91 Å². The summed E-state index contributed by atoms with van der Waals surface area (Å²) in [7, 11) is 1.67. The quantitative estimate of drug-likeness (QED) is 0.844. The first-order valence-corrected chi connectivity index (χ1v) is 8.59. The van der Waals surface area contributed by atoms with Gasteiger partial charge < -0.3 is 15.5 Å². The molecule has 0 spiro atoms. The van der Waals surface area contributed by atoms with Crippen molar-refractivity contribution in [1.82, 2.24) is 9.80 Å². The van der Waals surface area contributed by atoms with E-state index in [9.17, 15) is 9.59 Å².